The fourth-order valence-electron chi connectivity index (χ4n) is 1.63. The van der Waals surface area contributed by atoms with Gasteiger partial charge < -0.3 is 10.2 Å². The van der Waals surface area contributed by atoms with Crippen LogP contribution in [0.3, 0.4) is 0 Å². The van der Waals surface area contributed by atoms with Gasteiger partial charge in [0.15, 0.2) is 5.11 Å². The molecule has 1 heterocycles. The average Bonchev–Trinajstić information content (AvgIpc) is 2.23. The van der Waals surface area contributed by atoms with E-state index in [1.54, 1.807) is 0 Å². The zero-order valence-corrected chi connectivity index (χ0v) is 8.89. The summed E-state index contributed by atoms with van der Waals surface area (Å²) in [6.07, 6.45) is 1.17. The molecular formula is C11H14N2S. The van der Waals surface area contributed by atoms with Gasteiger partial charge in [-0.3, -0.25) is 0 Å². The molecule has 1 aliphatic heterocycles. The molecule has 2 nitrogen and oxygen atoms in total. The molecule has 14 heavy (non-hydrogen) atoms. The van der Waals surface area contributed by atoms with Crippen molar-refractivity contribution in [2.75, 3.05) is 13.1 Å². The molecule has 74 valence electrons. The maximum absolute atomic E-state index is 5.24. The molecule has 2 rings (SSSR count). The molecule has 0 radical (unpaired) electrons. The summed E-state index contributed by atoms with van der Waals surface area (Å²) in [6.45, 7) is 3.01. The first-order chi connectivity index (χ1) is 6.86. The Morgan fingerprint density at radius 2 is 2.07 bits per heavy atom. The highest BCUT2D eigenvalue weighted by Crippen LogP contribution is 2.07. The van der Waals surface area contributed by atoms with Crippen molar-refractivity contribution in [3.8, 4) is 0 Å². The second-order valence-corrected chi connectivity index (χ2v) is 3.88. The van der Waals surface area contributed by atoms with Gasteiger partial charge in [-0.1, -0.05) is 30.3 Å². The first kappa shape index (κ1) is 9.46. The van der Waals surface area contributed by atoms with Crippen molar-refractivity contribution in [3.05, 3.63) is 35.9 Å². The van der Waals surface area contributed by atoms with Crippen LogP contribution in [0.15, 0.2) is 30.3 Å². The number of nitrogens with zero attached hydrogens (tertiary/aromatic N) is 1. The lowest BCUT2D eigenvalue weighted by Gasteiger charge is -2.30. The van der Waals surface area contributed by atoms with E-state index in [-0.39, 0.29) is 0 Å². The fourth-order valence-corrected chi connectivity index (χ4v) is 1.89. The molecule has 0 bridgehead atoms. The maximum Gasteiger partial charge on any atom is 0.169 e. The minimum Gasteiger partial charge on any atom is -0.362 e. The van der Waals surface area contributed by atoms with Crippen LogP contribution in [0, 0.1) is 0 Å². The van der Waals surface area contributed by atoms with Gasteiger partial charge in [0.1, 0.15) is 0 Å². The molecule has 0 amide bonds. The summed E-state index contributed by atoms with van der Waals surface area (Å²) in [5.74, 6) is 0. The predicted molar refractivity (Wildman–Crippen MR) is 62.1 cm³/mol. The second-order valence-electron chi connectivity index (χ2n) is 3.49. The Morgan fingerprint density at radius 1 is 1.29 bits per heavy atom. The Hall–Kier alpha value is -1.09. The average molecular weight is 206 g/mol. The lowest BCUT2D eigenvalue weighted by molar-refractivity contribution is 0.370. The van der Waals surface area contributed by atoms with Crippen LogP contribution in [0.5, 0.6) is 0 Å². The number of nitrogens with one attached hydrogen (secondary N) is 1. The van der Waals surface area contributed by atoms with Gasteiger partial charge in [0.2, 0.25) is 0 Å². The number of benzene rings is 1. The van der Waals surface area contributed by atoms with Crippen LogP contribution in [0.2, 0.25) is 0 Å². The van der Waals surface area contributed by atoms with Gasteiger partial charge in [0, 0.05) is 19.6 Å². The zero-order valence-electron chi connectivity index (χ0n) is 8.07. The molecule has 1 saturated heterocycles. The van der Waals surface area contributed by atoms with Crippen LogP contribution < -0.4 is 5.32 Å². The van der Waals surface area contributed by atoms with Crippen molar-refractivity contribution < 1.29 is 0 Å². The van der Waals surface area contributed by atoms with Crippen LogP contribution in [-0.2, 0) is 6.54 Å². The monoisotopic (exact) mass is 206 g/mol. The summed E-state index contributed by atoms with van der Waals surface area (Å²) in [7, 11) is 0. The normalized spacial score (nSPS) is 16.6. The molecule has 1 N–H and O–H groups in total. The van der Waals surface area contributed by atoms with E-state index in [9.17, 15) is 0 Å². The molecule has 1 aromatic carbocycles. The Bertz CT molecular complexity index is 310. The summed E-state index contributed by atoms with van der Waals surface area (Å²) in [4.78, 5) is 2.22. The molecule has 1 aromatic rings. The highest BCUT2D eigenvalue weighted by Gasteiger charge is 2.13. The number of thiocarbonyl (C=S) groups is 1. The van der Waals surface area contributed by atoms with E-state index < -0.39 is 0 Å². The Balaban J connectivity index is 2.00. The Kier molecular flexibility index (Phi) is 2.99. The summed E-state index contributed by atoms with van der Waals surface area (Å²) < 4.78 is 0. The third-order valence-corrected chi connectivity index (χ3v) is 2.79. The van der Waals surface area contributed by atoms with Gasteiger partial charge >= 0.3 is 0 Å². The minimum atomic E-state index is 0.889. The van der Waals surface area contributed by atoms with Gasteiger partial charge in [-0.15, -0.1) is 0 Å². The number of hydrogen-bond acceptors (Lipinski definition) is 1. The van der Waals surface area contributed by atoms with Crippen LogP contribution in [0.4, 0.5) is 0 Å². The molecule has 0 unspecified atom stereocenters. The lowest BCUT2D eigenvalue weighted by atomic mass is 10.2. The van der Waals surface area contributed by atoms with Crippen molar-refractivity contribution in [2.45, 2.75) is 13.0 Å². The SMILES string of the molecule is S=C1NCCCN1Cc1ccccc1. The molecule has 0 saturated carbocycles. The fraction of sp³-hybridized carbons (Fsp3) is 0.364. The molecular weight excluding hydrogens is 192 g/mol. The van der Waals surface area contributed by atoms with E-state index in [0.717, 1.165) is 24.7 Å². The smallest absolute Gasteiger partial charge is 0.169 e. The van der Waals surface area contributed by atoms with E-state index in [2.05, 4.69) is 34.5 Å². The van der Waals surface area contributed by atoms with Crippen molar-refractivity contribution in [1.82, 2.24) is 10.2 Å². The summed E-state index contributed by atoms with van der Waals surface area (Å²) >= 11 is 5.24. The zero-order chi connectivity index (χ0) is 9.80. The number of rotatable bonds is 2. The van der Waals surface area contributed by atoms with E-state index >= 15 is 0 Å². The van der Waals surface area contributed by atoms with Gasteiger partial charge in [-0.25, -0.2) is 0 Å². The number of hydrogen-bond donors (Lipinski definition) is 1. The van der Waals surface area contributed by atoms with Crippen molar-refractivity contribution in [2.24, 2.45) is 0 Å². The van der Waals surface area contributed by atoms with Gasteiger partial charge in [0.05, 0.1) is 0 Å². The molecule has 0 aromatic heterocycles. The highest BCUT2D eigenvalue weighted by molar-refractivity contribution is 7.80. The highest BCUT2D eigenvalue weighted by atomic mass is 32.1. The second kappa shape index (κ2) is 4.42. The van der Waals surface area contributed by atoms with Crippen LogP contribution in [-0.4, -0.2) is 23.1 Å². The first-order valence-corrected chi connectivity index (χ1v) is 5.34. The Labute approximate surface area is 89.9 Å². The topological polar surface area (TPSA) is 15.3 Å². The molecule has 0 aliphatic carbocycles. The van der Waals surface area contributed by atoms with Crippen molar-refractivity contribution in [3.63, 3.8) is 0 Å². The third kappa shape index (κ3) is 2.23. The van der Waals surface area contributed by atoms with E-state index in [1.807, 2.05) is 6.07 Å². The van der Waals surface area contributed by atoms with E-state index in [4.69, 9.17) is 12.2 Å². The third-order valence-electron chi connectivity index (χ3n) is 2.38. The quantitative estimate of drug-likeness (QED) is 0.742. The van der Waals surface area contributed by atoms with Gasteiger partial charge in [-0.05, 0) is 24.2 Å². The van der Waals surface area contributed by atoms with Crippen LogP contribution >= 0.6 is 12.2 Å². The largest absolute Gasteiger partial charge is 0.362 e. The molecule has 0 spiro atoms. The standard InChI is InChI=1S/C11H14N2S/c14-11-12-7-4-8-13(11)9-10-5-2-1-3-6-10/h1-3,5-6H,4,7-9H2,(H,12,14). The molecule has 3 heteroatoms. The van der Waals surface area contributed by atoms with Gasteiger partial charge in [-0.2, -0.15) is 0 Å². The minimum absolute atomic E-state index is 0.889. The Morgan fingerprint density at radius 3 is 2.79 bits per heavy atom. The van der Waals surface area contributed by atoms with Crippen LogP contribution in [0.25, 0.3) is 0 Å². The summed E-state index contributed by atoms with van der Waals surface area (Å²) in [6, 6.07) is 10.4. The molecule has 0 atom stereocenters. The van der Waals surface area contributed by atoms with Gasteiger partial charge in [0.25, 0.3) is 0 Å². The maximum atomic E-state index is 5.24. The first-order valence-electron chi connectivity index (χ1n) is 4.93. The predicted octanol–water partition coefficient (Wildman–Crippen LogP) is 1.77. The molecule has 1 aliphatic rings. The van der Waals surface area contributed by atoms with Crippen LogP contribution in [0.1, 0.15) is 12.0 Å². The van der Waals surface area contributed by atoms with Crippen molar-refractivity contribution >= 4 is 17.3 Å². The summed E-state index contributed by atoms with van der Waals surface area (Å²) in [5.41, 5.74) is 1.32. The van der Waals surface area contributed by atoms with Crippen molar-refractivity contribution in [1.29, 1.82) is 0 Å². The molecule has 1 fully saturated rings. The van der Waals surface area contributed by atoms with E-state index in [0.29, 0.717) is 0 Å². The van der Waals surface area contributed by atoms with E-state index in [1.165, 1.54) is 12.0 Å². The lowest BCUT2D eigenvalue weighted by Crippen LogP contribution is -2.45. The summed E-state index contributed by atoms with van der Waals surface area (Å²) in [5, 5.41) is 4.10.